The van der Waals surface area contributed by atoms with Crippen LogP contribution in [0.5, 0.6) is 5.75 Å². The van der Waals surface area contributed by atoms with Gasteiger partial charge in [0.15, 0.2) is 0 Å². The summed E-state index contributed by atoms with van der Waals surface area (Å²) in [5, 5.41) is 4.26. The molecule has 100 valence electrons. The van der Waals surface area contributed by atoms with Crippen LogP contribution in [0.4, 0.5) is 5.69 Å². The van der Waals surface area contributed by atoms with E-state index in [-0.39, 0.29) is 6.61 Å². The lowest BCUT2D eigenvalue weighted by Crippen LogP contribution is -2.01. The zero-order valence-corrected chi connectivity index (χ0v) is 10.6. The van der Waals surface area contributed by atoms with Gasteiger partial charge in [0, 0.05) is 6.20 Å². The minimum atomic E-state index is 0.0882. The second-order valence-electron chi connectivity index (χ2n) is 3.98. The summed E-state index contributed by atoms with van der Waals surface area (Å²) in [4.78, 5) is 10.1. The van der Waals surface area contributed by atoms with Crippen molar-refractivity contribution in [1.82, 2.24) is 9.78 Å². The number of nitrogen functional groups attached to an aromatic ring is 1. The Labute approximate surface area is 110 Å². The van der Waals surface area contributed by atoms with Gasteiger partial charge in [0.05, 0.1) is 19.3 Å². The van der Waals surface area contributed by atoms with Crippen LogP contribution < -0.4 is 10.5 Å². The lowest BCUT2D eigenvalue weighted by atomic mass is 10.2. The number of hydrogen-bond acceptors (Lipinski definition) is 5. The number of aromatic nitrogens is 2. The number of carbonyl (C=O) groups excluding carboxylic acids is 1. The van der Waals surface area contributed by atoms with Gasteiger partial charge in [0.1, 0.15) is 18.1 Å². The Kier molecular flexibility index (Phi) is 4.02. The van der Waals surface area contributed by atoms with E-state index in [1.54, 1.807) is 18.0 Å². The third-order valence-electron chi connectivity index (χ3n) is 2.66. The molecule has 2 rings (SSSR count). The van der Waals surface area contributed by atoms with E-state index in [4.69, 9.17) is 10.5 Å². The highest BCUT2D eigenvalue weighted by Crippen LogP contribution is 2.14. The van der Waals surface area contributed by atoms with Crippen molar-refractivity contribution in [2.75, 3.05) is 12.8 Å². The summed E-state index contributed by atoms with van der Waals surface area (Å²) in [6.45, 7) is 1.06. The van der Waals surface area contributed by atoms with E-state index in [0.717, 1.165) is 11.3 Å². The van der Waals surface area contributed by atoms with Crippen LogP contribution in [0.2, 0.25) is 0 Å². The number of hydrogen-bond donors (Lipinski definition) is 1. The van der Waals surface area contributed by atoms with Crippen LogP contribution in [0.3, 0.4) is 0 Å². The lowest BCUT2D eigenvalue weighted by molar-refractivity contribution is -0.129. The summed E-state index contributed by atoms with van der Waals surface area (Å²) in [5.41, 5.74) is 7.92. The predicted molar refractivity (Wildman–Crippen MR) is 69.6 cm³/mol. The van der Waals surface area contributed by atoms with Gasteiger partial charge >= 0.3 is 0 Å². The van der Waals surface area contributed by atoms with Crippen LogP contribution in [0, 0.1) is 0 Å². The van der Waals surface area contributed by atoms with Gasteiger partial charge in [-0.15, -0.1) is 0 Å². The number of benzene rings is 1. The zero-order chi connectivity index (χ0) is 13.7. The molecule has 2 N–H and O–H groups in total. The average Bonchev–Trinajstić information content (AvgIpc) is 2.77. The standard InChI is InChI=1S/C13H15N3O3/c1-18-11-4-2-10(3-5-11)6-16-7-12(14)13(15-16)8-19-9-17/h2-5,7,9H,6,8,14H2,1H3. The van der Waals surface area contributed by atoms with Crippen LogP contribution in [0.15, 0.2) is 30.5 Å². The summed E-state index contributed by atoms with van der Waals surface area (Å²) in [6, 6.07) is 7.69. The van der Waals surface area contributed by atoms with Gasteiger partial charge in [-0.25, -0.2) is 0 Å². The van der Waals surface area contributed by atoms with E-state index >= 15 is 0 Å². The van der Waals surface area contributed by atoms with Crippen molar-refractivity contribution in [3.8, 4) is 5.75 Å². The summed E-state index contributed by atoms with van der Waals surface area (Å²) in [6.07, 6.45) is 1.72. The molecule has 0 bridgehead atoms. The third-order valence-corrected chi connectivity index (χ3v) is 2.66. The van der Waals surface area contributed by atoms with Gasteiger partial charge in [0.2, 0.25) is 0 Å². The fourth-order valence-electron chi connectivity index (χ4n) is 1.70. The largest absolute Gasteiger partial charge is 0.497 e. The molecule has 1 aromatic carbocycles. The number of carbonyl (C=O) groups is 1. The normalized spacial score (nSPS) is 10.2. The number of methoxy groups -OCH3 is 1. The van der Waals surface area contributed by atoms with Crippen LogP contribution in [0.1, 0.15) is 11.3 Å². The Balaban J connectivity index is 2.07. The minimum absolute atomic E-state index is 0.0882. The molecule has 0 aliphatic carbocycles. The molecule has 6 heteroatoms. The van der Waals surface area contributed by atoms with Gasteiger partial charge in [-0.05, 0) is 17.7 Å². The first-order valence-electron chi connectivity index (χ1n) is 5.73. The maximum Gasteiger partial charge on any atom is 0.293 e. The van der Waals surface area contributed by atoms with E-state index in [0.29, 0.717) is 24.4 Å². The van der Waals surface area contributed by atoms with Gasteiger partial charge in [-0.3, -0.25) is 9.48 Å². The predicted octanol–water partition coefficient (Wildman–Crippen LogP) is 1.20. The molecule has 6 nitrogen and oxygen atoms in total. The van der Waals surface area contributed by atoms with E-state index in [1.165, 1.54) is 0 Å². The van der Waals surface area contributed by atoms with Gasteiger partial charge in [-0.1, -0.05) is 12.1 Å². The van der Waals surface area contributed by atoms with Gasteiger partial charge in [-0.2, -0.15) is 5.10 Å². The van der Waals surface area contributed by atoms with Crippen LogP contribution in [0.25, 0.3) is 0 Å². The van der Waals surface area contributed by atoms with Crippen LogP contribution in [-0.2, 0) is 22.7 Å². The highest BCUT2D eigenvalue weighted by atomic mass is 16.5. The molecular formula is C13H15N3O3. The molecule has 0 spiro atoms. The summed E-state index contributed by atoms with van der Waals surface area (Å²) in [5.74, 6) is 0.809. The highest BCUT2D eigenvalue weighted by molar-refractivity contribution is 5.43. The quantitative estimate of drug-likeness (QED) is 0.790. The first-order chi connectivity index (χ1) is 9.22. The number of ether oxygens (including phenoxy) is 2. The molecule has 1 heterocycles. The molecule has 0 aliphatic rings. The average molecular weight is 261 g/mol. The SMILES string of the molecule is COc1ccc(Cn2cc(N)c(COC=O)n2)cc1. The molecule has 0 atom stereocenters. The number of rotatable bonds is 6. The van der Waals surface area contributed by atoms with Gasteiger partial charge < -0.3 is 15.2 Å². The van der Waals surface area contributed by atoms with Crippen LogP contribution in [-0.4, -0.2) is 23.4 Å². The lowest BCUT2D eigenvalue weighted by Gasteiger charge is -2.03. The number of nitrogens with two attached hydrogens (primary N) is 1. The van der Waals surface area contributed by atoms with Crippen LogP contribution >= 0.6 is 0 Å². The zero-order valence-electron chi connectivity index (χ0n) is 10.6. The Morgan fingerprint density at radius 1 is 1.37 bits per heavy atom. The highest BCUT2D eigenvalue weighted by Gasteiger charge is 2.06. The monoisotopic (exact) mass is 261 g/mol. The minimum Gasteiger partial charge on any atom is -0.497 e. The number of nitrogens with zero attached hydrogens (tertiary/aromatic N) is 2. The van der Waals surface area contributed by atoms with E-state index in [2.05, 4.69) is 9.84 Å². The molecule has 0 radical (unpaired) electrons. The van der Waals surface area contributed by atoms with Crippen molar-refractivity contribution in [3.63, 3.8) is 0 Å². The molecule has 0 fully saturated rings. The van der Waals surface area contributed by atoms with Gasteiger partial charge in [0.25, 0.3) is 6.47 Å². The van der Waals surface area contributed by atoms with E-state index in [9.17, 15) is 4.79 Å². The third kappa shape index (κ3) is 3.25. The molecular weight excluding hydrogens is 246 g/mol. The second-order valence-corrected chi connectivity index (χ2v) is 3.98. The van der Waals surface area contributed by atoms with Crippen molar-refractivity contribution in [2.45, 2.75) is 13.2 Å². The first kappa shape index (κ1) is 12.9. The van der Waals surface area contributed by atoms with E-state index < -0.39 is 0 Å². The molecule has 0 unspecified atom stereocenters. The Hall–Kier alpha value is -2.50. The van der Waals surface area contributed by atoms with Crippen molar-refractivity contribution in [1.29, 1.82) is 0 Å². The van der Waals surface area contributed by atoms with Crippen molar-refractivity contribution in [3.05, 3.63) is 41.7 Å². The van der Waals surface area contributed by atoms with Crippen molar-refractivity contribution < 1.29 is 14.3 Å². The molecule has 2 aromatic rings. The Morgan fingerprint density at radius 2 is 2.11 bits per heavy atom. The van der Waals surface area contributed by atoms with E-state index in [1.807, 2.05) is 24.3 Å². The fraction of sp³-hybridized carbons (Fsp3) is 0.231. The summed E-state index contributed by atoms with van der Waals surface area (Å²) in [7, 11) is 1.63. The summed E-state index contributed by atoms with van der Waals surface area (Å²) < 4.78 is 11.4. The fourth-order valence-corrected chi connectivity index (χ4v) is 1.70. The maximum atomic E-state index is 10.1. The molecule has 0 saturated heterocycles. The Bertz CT molecular complexity index is 549. The molecule has 0 aliphatic heterocycles. The smallest absolute Gasteiger partial charge is 0.293 e. The molecule has 19 heavy (non-hydrogen) atoms. The topological polar surface area (TPSA) is 79.4 Å². The molecule has 1 aromatic heterocycles. The first-order valence-corrected chi connectivity index (χ1v) is 5.73. The summed E-state index contributed by atoms with van der Waals surface area (Å²) >= 11 is 0. The Morgan fingerprint density at radius 3 is 2.74 bits per heavy atom. The molecule has 0 amide bonds. The maximum absolute atomic E-state index is 10.1. The van der Waals surface area contributed by atoms with Crippen molar-refractivity contribution >= 4 is 12.2 Å². The number of anilines is 1. The molecule has 0 saturated carbocycles. The second kappa shape index (κ2) is 5.90. The van der Waals surface area contributed by atoms with Crippen molar-refractivity contribution in [2.24, 2.45) is 0 Å².